The number of aryl methyl sites for hydroxylation is 1. The van der Waals surface area contributed by atoms with Gasteiger partial charge >= 0.3 is 11.7 Å². The van der Waals surface area contributed by atoms with E-state index in [-0.39, 0.29) is 11.7 Å². The van der Waals surface area contributed by atoms with E-state index in [1.807, 2.05) is 6.07 Å². The SMILES string of the molecule is O=C(NCCCn1nc2ccccn2c1=O)Nc1nnc(C2CCCCC2)s1. The number of fused-ring (bicyclic) bond motifs is 1. The molecule has 0 spiro atoms. The first-order chi connectivity index (χ1) is 13.7. The van der Waals surface area contributed by atoms with Gasteiger partial charge in [0.05, 0.1) is 0 Å². The largest absolute Gasteiger partial charge is 0.350 e. The molecule has 3 aromatic rings. The van der Waals surface area contributed by atoms with Gasteiger partial charge in [-0.25, -0.2) is 14.3 Å². The second-order valence-electron chi connectivity index (χ2n) is 6.95. The van der Waals surface area contributed by atoms with Crippen molar-refractivity contribution in [3.8, 4) is 0 Å². The van der Waals surface area contributed by atoms with E-state index in [0.29, 0.717) is 36.2 Å². The van der Waals surface area contributed by atoms with Crippen LogP contribution in [-0.2, 0) is 6.54 Å². The molecule has 9 nitrogen and oxygen atoms in total. The topological polar surface area (TPSA) is 106 Å². The molecule has 4 rings (SSSR count). The molecule has 2 amide bonds. The summed E-state index contributed by atoms with van der Waals surface area (Å²) in [5, 5.41) is 19.6. The van der Waals surface area contributed by atoms with E-state index in [1.54, 1.807) is 18.3 Å². The standard InChI is InChI=1S/C18H23N7O2S/c26-16(20-17-22-21-15(28-17)13-7-2-1-3-8-13)19-10-6-12-25-18(27)24-11-5-4-9-14(24)23-25/h4-5,9,11,13H,1-3,6-8,10,12H2,(H2,19,20,22,26). The molecule has 1 aliphatic rings. The highest BCUT2D eigenvalue weighted by Crippen LogP contribution is 2.35. The Kier molecular flexibility index (Phi) is 5.65. The molecule has 10 heteroatoms. The second-order valence-corrected chi connectivity index (χ2v) is 7.96. The summed E-state index contributed by atoms with van der Waals surface area (Å²) in [5.74, 6) is 0.480. The number of hydrogen-bond acceptors (Lipinski definition) is 6. The number of pyridine rings is 1. The van der Waals surface area contributed by atoms with Gasteiger partial charge in [-0.15, -0.1) is 15.3 Å². The van der Waals surface area contributed by atoms with Gasteiger partial charge in [0.25, 0.3) is 0 Å². The number of nitrogens with one attached hydrogen (secondary N) is 2. The lowest BCUT2D eigenvalue weighted by molar-refractivity contribution is 0.251. The molecule has 0 bridgehead atoms. The number of urea groups is 1. The predicted molar refractivity (Wildman–Crippen MR) is 107 cm³/mol. The molecule has 1 fully saturated rings. The average Bonchev–Trinajstić information content (AvgIpc) is 3.31. The first kappa shape index (κ1) is 18.6. The van der Waals surface area contributed by atoms with Crippen molar-refractivity contribution in [1.29, 1.82) is 0 Å². The van der Waals surface area contributed by atoms with Gasteiger partial charge in [-0.2, -0.15) is 0 Å². The smallest absolute Gasteiger partial charge is 0.338 e. The summed E-state index contributed by atoms with van der Waals surface area (Å²) in [4.78, 5) is 24.2. The quantitative estimate of drug-likeness (QED) is 0.618. The van der Waals surface area contributed by atoms with Gasteiger partial charge in [0.15, 0.2) is 5.65 Å². The first-order valence-electron chi connectivity index (χ1n) is 9.63. The van der Waals surface area contributed by atoms with Crippen LogP contribution in [0, 0.1) is 0 Å². The maximum atomic E-state index is 12.2. The molecule has 0 aromatic carbocycles. The molecule has 0 atom stereocenters. The Morgan fingerprint density at radius 2 is 2.07 bits per heavy atom. The molecule has 3 aromatic heterocycles. The van der Waals surface area contributed by atoms with E-state index in [4.69, 9.17) is 0 Å². The molecule has 3 heterocycles. The lowest BCUT2D eigenvalue weighted by atomic mass is 9.90. The Morgan fingerprint density at radius 3 is 2.89 bits per heavy atom. The molecule has 0 unspecified atom stereocenters. The summed E-state index contributed by atoms with van der Waals surface area (Å²) in [6.45, 7) is 0.867. The summed E-state index contributed by atoms with van der Waals surface area (Å²) in [6, 6.07) is 5.10. The first-order valence-corrected chi connectivity index (χ1v) is 10.4. The minimum absolute atomic E-state index is 0.177. The summed E-state index contributed by atoms with van der Waals surface area (Å²) in [5.41, 5.74) is 0.437. The van der Waals surface area contributed by atoms with Crippen LogP contribution in [0.3, 0.4) is 0 Å². The van der Waals surface area contributed by atoms with Crippen molar-refractivity contribution in [3.63, 3.8) is 0 Å². The maximum Gasteiger partial charge on any atom is 0.350 e. The van der Waals surface area contributed by atoms with Crippen LogP contribution in [0.2, 0.25) is 0 Å². The molecule has 148 valence electrons. The van der Waals surface area contributed by atoms with Crippen molar-refractivity contribution >= 4 is 28.1 Å². The fourth-order valence-corrected chi connectivity index (χ4v) is 4.39. The highest BCUT2D eigenvalue weighted by atomic mass is 32.1. The maximum absolute atomic E-state index is 12.2. The number of nitrogens with zero attached hydrogens (tertiary/aromatic N) is 5. The number of amides is 2. The molecule has 28 heavy (non-hydrogen) atoms. The van der Waals surface area contributed by atoms with Crippen molar-refractivity contribution in [2.24, 2.45) is 0 Å². The highest BCUT2D eigenvalue weighted by molar-refractivity contribution is 7.15. The summed E-state index contributed by atoms with van der Waals surface area (Å²) < 4.78 is 2.91. The molecule has 0 aliphatic heterocycles. The zero-order valence-corrected chi connectivity index (χ0v) is 16.3. The van der Waals surface area contributed by atoms with Gasteiger partial charge in [-0.1, -0.05) is 36.7 Å². The van der Waals surface area contributed by atoms with Crippen LogP contribution < -0.4 is 16.3 Å². The number of aromatic nitrogens is 5. The van der Waals surface area contributed by atoms with Gasteiger partial charge < -0.3 is 5.32 Å². The third-order valence-electron chi connectivity index (χ3n) is 4.94. The Bertz CT molecular complexity index is 1000. The molecular formula is C18H23N7O2S. The number of carbonyl (C=O) groups is 1. The van der Waals surface area contributed by atoms with Crippen LogP contribution >= 0.6 is 11.3 Å². The zero-order chi connectivity index (χ0) is 19.3. The van der Waals surface area contributed by atoms with E-state index in [1.165, 1.54) is 39.7 Å². The molecule has 1 saturated carbocycles. The number of hydrogen-bond donors (Lipinski definition) is 2. The number of carbonyl (C=O) groups excluding carboxylic acids is 1. The van der Waals surface area contributed by atoms with Crippen molar-refractivity contribution < 1.29 is 4.79 Å². The zero-order valence-electron chi connectivity index (χ0n) is 15.5. The van der Waals surface area contributed by atoms with Crippen LogP contribution in [0.1, 0.15) is 49.5 Å². The summed E-state index contributed by atoms with van der Waals surface area (Å²) in [6.07, 6.45) is 8.37. The van der Waals surface area contributed by atoms with Crippen molar-refractivity contribution in [2.45, 2.75) is 51.0 Å². The summed E-state index contributed by atoms with van der Waals surface area (Å²) in [7, 11) is 0. The van der Waals surface area contributed by atoms with Gasteiger partial charge in [0, 0.05) is 25.2 Å². The monoisotopic (exact) mass is 401 g/mol. The lowest BCUT2D eigenvalue weighted by Gasteiger charge is -2.18. The number of rotatable bonds is 6. The predicted octanol–water partition coefficient (Wildman–Crippen LogP) is 2.61. The van der Waals surface area contributed by atoms with E-state index in [0.717, 1.165) is 17.8 Å². The van der Waals surface area contributed by atoms with Crippen LogP contribution in [-0.4, -0.2) is 37.0 Å². The Morgan fingerprint density at radius 1 is 1.21 bits per heavy atom. The van der Waals surface area contributed by atoms with E-state index in [2.05, 4.69) is 25.9 Å². The molecule has 0 radical (unpaired) electrons. The van der Waals surface area contributed by atoms with Crippen molar-refractivity contribution in [3.05, 3.63) is 39.9 Å². The van der Waals surface area contributed by atoms with E-state index in [9.17, 15) is 9.59 Å². The normalized spacial score (nSPS) is 15.0. The van der Waals surface area contributed by atoms with Crippen LogP contribution in [0.4, 0.5) is 9.93 Å². The fraction of sp³-hybridized carbons (Fsp3) is 0.500. The molecular weight excluding hydrogens is 378 g/mol. The van der Waals surface area contributed by atoms with Crippen LogP contribution in [0.25, 0.3) is 5.65 Å². The van der Waals surface area contributed by atoms with E-state index < -0.39 is 0 Å². The lowest BCUT2D eigenvalue weighted by Crippen LogP contribution is -2.31. The van der Waals surface area contributed by atoms with Gasteiger partial charge in [0.2, 0.25) is 5.13 Å². The minimum atomic E-state index is -0.311. The summed E-state index contributed by atoms with van der Waals surface area (Å²) >= 11 is 1.46. The highest BCUT2D eigenvalue weighted by Gasteiger charge is 2.20. The van der Waals surface area contributed by atoms with Crippen LogP contribution in [0.15, 0.2) is 29.2 Å². The number of anilines is 1. The third-order valence-corrected chi connectivity index (χ3v) is 5.94. The molecule has 2 N–H and O–H groups in total. The van der Waals surface area contributed by atoms with Gasteiger partial charge in [-0.05, 0) is 31.4 Å². The fourth-order valence-electron chi connectivity index (χ4n) is 3.49. The van der Waals surface area contributed by atoms with Crippen LogP contribution in [0.5, 0.6) is 0 Å². The Labute approximate surface area is 165 Å². The van der Waals surface area contributed by atoms with Gasteiger partial charge in [0.1, 0.15) is 5.01 Å². The molecule has 0 saturated heterocycles. The van der Waals surface area contributed by atoms with Crippen molar-refractivity contribution in [1.82, 2.24) is 29.7 Å². The second kappa shape index (κ2) is 8.51. The third kappa shape index (κ3) is 4.22. The Balaban J connectivity index is 1.23. The van der Waals surface area contributed by atoms with Crippen molar-refractivity contribution in [2.75, 3.05) is 11.9 Å². The molecule has 1 aliphatic carbocycles. The Hall–Kier alpha value is -2.75. The van der Waals surface area contributed by atoms with Gasteiger partial charge in [-0.3, -0.25) is 9.72 Å². The van der Waals surface area contributed by atoms with E-state index >= 15 is 0 Å². The average molecular weight is 401 g/mol. The minimum Gasteiger partial charge on any atom is -0.338 e.